The fraction of sp³-hybridized carbons (Fsp3) is 1.00. The average Bonchev–Trinajstić information content (AvgIpc) is 1.96. The predicted molar refractivity (Wildman–Crippen MR) is 41.6 cm³/mol. The van der Waals surface area contributed by atoms with E-state index < -0.39 is 5.72 Å². The highest BCUT2D eigenvalue weighted by Gasteiger charge is 2.33. The van der Waals surface area contributed by atoms with Gasteiger partial charge < -0.3 is 5.11 Å². The molecule has 0 aromatic rings. The maximum Gasteiger partial charge on any atom is 0.118 e. The van der Waals surface area contributed by atoms with Crippen molar-refractivity contribution in [1.29, 1.82) is 0 Å². The van der Waals surface area contributed by atoms with E-state index in [0.717, 1.165) is 19.3 Å². The van der Waals surface area contributed by atoms with Gasteiger partial charge in [0.2, 0.25) is 0 Å². The largest absolute Gasteiger partial charge is 0.376 e. The second-order valence-electron chi connectivity index (χ2n) is 3.32. The highest BCUT2D eigenvalue weighted by molar-refractivity contribution is 4.83. The van der Waals surface area contributed by atoms with Crippen LogP contribution in [0, 0.1) is 5.92 Å². The molecule has 0 aromatic heterocycles. The van der Waals surface area contributed by atoms with Crippen LogP contribution in [-0.4, -0.2) is 17.9 Å². The minimum absolute atomic E-state index is 0.409. The lowest BCUT2D eigenvalue weighted by Gasteiger charge is -2.37. The molecule has 2 atom stereocenters. The molecule has 60 valence electrons. The Labute approximate surface area is 62.6 Å². The second kappa shape index (κ2) is 2.89. The molecule has 2 nitrogen and oxygen atoms in total. The Morgan fingerprint density at radius 2 is 2.20 bits per heavy atom. The fourth-order valence-corrected chi connectivity index (χ4v) is 1.70. The molecule has 0 radical (unpaired) electrons. The summed E-state index contributed by atoms with van der Waals surface area (Å²) in [5, 5.41) is 12.8. The van der Waals surface area contributed by atoms with Crippen LogP contribution in [0.15, 0.2) is 0 Å². The molecule has 1 aliphatic rings. The van der Waals surface area contributed by atoms with Crippen LogP contribution in [-0.2, 0) is 0 Å². The van der Waals surface area contributed by atoms with Crippen LogP contribution in [0.2, 0.25) is 0 Å². The summed E-state index contributed by atoms with van der Waals surface area (Å²) >= 11 is 0. The van der Waals surface area contributed by atoms with Crippen LogP contribution in [0.25, 0.3) is 0 Å². The topological polar surface area (TPSA) is 32.3 Å². The van der Waals surface area contributed by atoms with Crippen molar-refractivity contribution in [3.05, 3.63) is 0 Å². The van der Waals surface area contributed by atoms with E-state index in [4.69, 9.17) is 0 Å². The summed E-state index contributed by atoms with van der Waals surface area (Å²) in [7, 11) is 1.84. The van der Waals surface area contributed by atoms with Crippen LogP contribution in [0.3, 0.4) is 0 Å². The Hall–Kier alpha value is -0.0800. The summed E-state index contributed by atoms with van der Waals surface area (Å²) < 4.78 is 0. The number of nitrogens with one attached hydrogen (secondary N) is 1. The summed E-state index contributed by atoms with van der Waals surface area (Å²) in [4.78, 5) is 0. The first-order valence-electron chi connectivity index (χ1n) is 4.10. The van der Waals surface area contributed by atoms with Gasteiger partial charge in [0.05, 0.1) is 0 Å². The Morgan fingerprint density at radius 1 is 1.50 bits per heavy atom. The molecular weight excluding hydrogens is 126 g/mol. The molecule has 0 spiro atoms. The first-order chi connectivity index (χ1) is 4.69. The SMILES string of the molecule is CN[C@]1(O)CCCCC1C. The van der Waals surface area contributed by atoms with E-state index in [1.807, 2.05) is 7.05 Å². The summed E-state index contributed by atoms with van der Waals surface area (Å²) in [6, 6.07) is 0. The van der Waals surface area contributed by atoms with Gasteiger partial charge in [-0.3, -0.25) is 5.32 Å². The molecule has 1 rings (SSSR count). The van der Waals surface area contributed by atoms with Crippen molar-refractivity contribution in [2.24, 2.45) is 5.92 Å². The molecule has 0 bridgehead atoms. The normalized spacial score (nSPS) is 41.7. The number of hydrogen-bond donors (Lipinski definition) is 2. The smallest absolute Gasteiger partial charge is 0.118 e. The van der Waals surface area contributed by atoms with Crippen molar-refractivity contribution in [3.8, 4) is 0 Å². The van der Waals surface area contributed by atoms with Crippen molar-refractivity contribution >= 4 is 0 Å². The lowest BCUT2D eigenvalue weighted by molar-refractivity contribution is -0.0641. The Balaban J connectivity index is 2.54. The van der Waals surface area contributed by atoms with Crippen LogP contribution in [0.5, 0.6) is 0 Å². The fourth-order valence-electron chi connectivity index (χ4n) is 1.70. The quantitative estimate of drug-likeness (QED) is 0.539. The molecule has 10 heavy (non-hydrogen) atoms. The first-order valence-corrected chi connectivity index (χ1v) is 4.10. The van der Waals surface area contributed by atoms with Gasteiger partial charge in [0.15, 0.2) is 0 Å². The summed E-state index contributed by atoms with van der Waals surface area (Å²) in [6.45, 7) is 2.11. The third-order valence-electron chi connectivity index (χ3n) is 2.69. The number of rotatable bonds is 1. The standard InChI is InChI=1S/C8H17NO/c1-7-5-3-4-6-8(7,10)9-2/h7,9-10H,3-6H2,1-2H3/t7?,8-/m0/s1. The highest BCUT2D eigenvalue weighted by atomic mass is 16.3. The van der Waals surface area contributed by atoms with E-state index in [1.54, 1.807) is 0 Å². The van der Waals surface area contributed by atoms with Crippen LogP contribution >= 0.6 is 0 Å². The monoisotopic (exact) mass is 143 g/mol. The van der Waals surface area contributed by atoms with E-state index in [0.29, 0.717) is 5.92 Å². The van der Waals surface area contributed by atoms with Gasteiger partial charge >= 0.3 is 0 Å². The molecule has 1 unspecified atom stereocenters. The van der Waals surface area contributed by atoms with Crippen LogP contribution in [0.1, 0.15) is 32.6 Å². The average molecular weight is 143 g/mol. The van der Waals surface area contributed by atoms with E-state index in [1.165, 1.54) is 6.42 Å². The molecular formula is C8H17NO. The minimum atomic E-state index is -0.571. The first kappa shape index (κ1) is 8.02. The lowest BCUT2D eigenvalue weighted by atomic mass is 9.82. The van der Waals surface area contributed by atoms with Crippen molar-refractivity contribution in [2.45, 2.75) is 38.3 Å². The molecule has 2 heteroatoms. The zero-order chi connectivity index (χ0) is 7.61. The predicted octanol–water partition coefficient (Wildman–Crippen LogP) is 1.10. The van der Waals surface area contributed by atoms with Crippen molar-refractivity contribution < 1.29 is 5.11 Å². The maximum absolute atomic E-state index is 9.84. The maximum atomic E-state index is 9.84. The third kappa shape index (κ3) is 1.32. The van der Waals surface area contributed by atoms with Crippen molar-refractivity contribution in [3.63, 3.8) is 0 Å². The molecule has 1 fully saturated rings. The summed E-state index contributed by atoms with van der Waals surface area (Å²) in [5.74, 6) is 0.409. The van der Waals surface area contributed by atoms with E-state index >= 15 is 0 Å². The molecule has 2 N–H and O–H groups in total. The van der Waals surface area contributed by atoms with Gasteiger partial charge in [-0.15, -0.1) is 0 Å². The molecule has 0 heterocycles. The van der Waals surface area contributed by atoms with E-state index in [2.05, 4.69) is 12.2 Å². The highest BCUT2D eigenvalue weighted by Crippen LogP contribution is 2.30. The summed E-state index contributed by atoms with van der Waals surface area (Å²) in [5.41, 5.74) is -0.571. The van der Waals surface area contributed by atoms with Crippen molar-refractivity contribution in [2.75, 3.05) is 7.05 Å². The van der Waals surface area contributed by atoms with Gasteiger partial charge in [-0.05, 0) is 32.2 Å². The van der Waals surface area contributed by atoms with E-state index in [-0.39, 0.29) is 0 Å². The second-order valence-corrected chi connectivity index (χ2v) is 3.32. The molecule has 0 aliphatic heterocycles. The molecule has 1 saturated carbocycles. The number of aliphatic hydroxyl groups is 1. The Kier molecular flexibility index (Phi) is 2.32. The van der Waals surface area contributed by atoms with Crippen LogP contribution < -0.4 is 5.32 Å². The zero-order valence-corrected chi connectivity index (χ0v) is 6.85. The molecule has 0 amide bonds. The summed E-state index contributed by atoms with van der Waals surface area (Å²) in [6.07, 6.45) is 4.48. The molecule has 0 aromatic carbocycles. The zero-order valence-electron chi connectivity index (χ0n) is 6.85. The molecule has 0 saturated heterocycles. The van der Waals surface area contributed by atoms with Gasteiger partial charge in [-0.1, -0.05) is 13.3 Å². The Morgan fingerprint density at radius 3 is 2.60 bits per heavy atom. The van der Waals surface area contributed by atoms with Crippen LogP contribution in [0.4, 0.5) is 0 Å². The van der Waals surface area contributed by atoms with Gasteiger partial charge in [-0.2, -0.15) is 0 Å². The van der Waals surface area contributed by atoms with Gasteiger partial charge in [0, 0.05) is 0 Å². The minimum Gasteiger partial charge on any atom is -0.376 e. The van der Waals surface area contributed by atoms with Crippen molar-refractivity contribution in [1.82, 2.24) is 5.32 Å². The lowest BCUT2D eigenvalue weighted by Crippen LogP contribution is -2.50. The number of hydrogen-bond acceptors (Lipinski definition) is 2. The van der Waals surface area contributed by atoms with E-state index in [9.17, 15) is 5.11 Å². The molecule has 1 aliphatic carbocycles. The van der Waals surface area contributed by atoms with Gasteiger partial charge in [-0.25, -0.2) is 0 Å². The van der Waals surface area contributed by atoms with Gasteiger partial charge in [0.25, 0.3) is 0 Å². The third-order valence-corrected chi connectivity index (χ3v) is 2.69. The Bertz CT molecular complexity index is 116. The van der Waals surface area contributed by atoms with Gasteiger partial charge in [0.1, 0.15) is 5.72 Å².